The summed E-state index contributed by atoms with van der Waals surface area (Å²) in [5.74, 6) is 0.338. The van der Waals surface area contributed by atoms with Gasteiger partial charge in [0.05, 0.1) is 25.2 Å². The molecular weight excluding hydrogens is 294 g/mol. The Morgan fingerprint density at radius 1 is 1.22 bits per heavy atom. The smallest absolute Gasteiger partial charge is 0.309 e. The maximum atomic E-state index is 12.8. The van der Waals surface area contributed by atoms with E-state index < -0.39 is 0 Å². The molecule has 0 saturated carbocycles. The number of piperidine rings is 1. The first-order valence-electron chi connectivity index (χ1n) is 8.09. The summed E-state index contributed by atoms with van der Waals surface area (Å²) in [4.78, 5) is 26.4. The quantitative estimate of drug-likeness (QED) is 0.801. The number of likely N-dealkylation sites (tertiary alicyclic amines) is 1. The SMILES string of the molecule is CCOC(=O)C1CCN(C(=O)c2c(C)cc(C)cc2OC)CC1. The van der Waals surface area contributed by atoms with Gasteiger partial charge in [0.15, 0.2) is 0 Å². The van der Waals surface area contributed by atoms with Crippen LogP contribution in [0.4, 0.5) is 0 Å². The Labute approximate surface area is 137 Å². The summed E-state index contributed by atoms with van der Waals surface area (Å²) in [6.07, 6.45) is 1.30. The Hall–Kier alpha value is -2.04. The summed E-state index contributed by atoms with van der Waals surface area (Å²) in [7, 11) is 1.58. The number of aryl methyl sites for hydroxylation is 2. The van der Waals surface area contributed by atoms with Crippen molar-refractivity contribution in [2.45, 2.75) is 33.6 Å². The van der Waals surface area contributed by atoms with Gasteiger partial charge in [-0.3, -0.25) is 9.59 Å². The van der Waals surface area contributed by atoms with E-state index in [9.17, 15) is 9.59 Å². The molecule has 1 amide bonds. The summed E-state index contributed by atoms with van der Waals surface area (Å²) < 4.78 is 10.5. The van der Waals surface area contributed by atoms with E-state index in [2.05, 4.69) is 0 Å². The fraction of sp³-hybridized carbons (Fsp3) is 0.556. The fourth-order valence-corrected chi connectivity index (χ4v) is 3.10. The highest BCUT2D eigenvalue weighted by Crippen LogP contribution is 2.28. The Morgan fingerprint density at radius 2 is 1.87 bits per heavy atom. The van der Waals surface area contributed by atoms with E-state index in [1.807, 2.05) is 32.9 Å². The Morgan fingerprint density at radius 3 is 2.43 bits per heavy atom. The van der Waals surface area contributed by atoms with Gasteiger partial charge in [0, 0.05) is 13.1 Å². The summed E-state index contributed by atoms with van der Waals surface area (Å²) in [6.45, 7) is 7.25. The Balaban J connectivity index is 2.10. The molecule has 1 saturated heterocycles. The van der Waals surface area contributed by atoms with Gasteiger partial charge >= 0.3 is 5.97 Å². The molecular formula is C18H25NO4. The van der Waals surface area contributed by atoms with Gasteiger partial charge in [-0.25, -0.2) is 0 Å². The van der Waals surface area contributed by atoms with E-state index in [1.54, 1.807) is 12.0 Å². The third-order valence-electron chi connectivity index (χ3n) is 4.28. The standard InChI is InChI=1S/C18H25NO4/c1-5-23-18(21)14-6-8-19(9-7-14)17(20)16-13(3)10-12(2)11-15(16)22-4/h10-11,14H,5-9H2,1-4H3. The molecule has 2 rings (SSSR count). The van der Waals surface area contributed by atoms with Crippen molar-refractivity contribution in [3.8, 4) is 5.75 Å². The van der Waals surface area contributed by atoms with Crippen LogP contribution in [0.15, 0.2) is 12.1 Å². The van der Waals surface area contributed by atoms with Crippen molar-refractivity contribution in [1.82, 2.24) is 4.90 Å². The molecule has 1 aliphatic rings. The second kappa shape index (κ2) is 7.49. The number of rotatable bonds is 4. The van der Waals surface area contributed by atoms with Crippen molar-refractivity contribution < 1.29 is 19.1 Å². The number of ether oxygens (including phenoxy) is 2. The van der Waals surface area contributed by atoms with Gasteiger partial charge in [0.25, 0.3) is 5.91 Å². The van der Waals surface area contributed by atoms with E-state index in [0.717, 1.165) is 11.1 Å². The van der Waals surface area contributed by atoms with Crippen LogP contribution in [0.5, 0.6) is 5.75 Å². The number of benzene rings is 1. The number of amides is 1. The summed E-state index contributed by atoms with van der Waals surface area (Å²) in [5.41, 5.74) is 2.60. The topological polar surface area (TPSA) is 55.8 Å². The van der Waals surface area contributed by atoms with Crippen molar-refractivity contribution in [3.63, 3.8) is 0 Å². The molecule has 126 valence electrons. The van der Waals surface area contributed by atoms with Crippen molar-refractivity contribution >= 4 is 11.9 Å². The van der Waals surface area contributed by atoms with E-state index >= 15 is 0 Å². The molecule has 0 spiro atoms. The number of carbonyl (C=O) groups is 2. The highest BCUT2D eigenvalue weighted by atomic mass is 16.5. The van der Waals surface area contributed by atoms with Gasteiger partial charge in [-0.2, -0.15) is 0 Å². The molecule has 1 aliphatic heterocycles. The minimum Gasteiger partial charge on any atom is -0.496 e. The maximum absolute atomic E-state index is 12.8. The molecule has 23 heavy (non-hydrogen) atoms. The van der Waals surface area contributed by atoms with Crippen LogP contribution in [-0.2, 0) is 9.53 Å². The number of carbonyl (C=O) groups excluding carboxylic acids is 2. The number of hydrogen-bond donors (Lipinski definition) is 0. The zero-order valence-electron chi connectivity index (χ0n) is 14.3. The summed E-state index contributed by atoms with van der Waals surface area (Å²) in [5, 5.41) is 0. The molecule has 0 aliphatic carbocycles. The van der Waals surface area contributed by atoms with Gasteiger partial charge in [-0.15, -0.1) is 0 Å². The molecule has 1 aromatic rings. The zero-order chi connectivity index (χ0) is 17.0. The third-order valence-corrected chi connectivity index (χ3v) is 4.28. The average Bonchev–Trinajstić information content (AvgIpc) is 2.54. The van der Waals surface area contributed by atoms with Crippen molar-refractivity contribution in [2.75, 3.05) is 26.8 Å². The lowest BCUT2D eigenvalue weighted by Gasteiger charge is -2.31. The normalized spacial score (nSPS) is 15.4. The van der Waals surface area contributed by atoms with E-state index in [1.165, 1.54) is 0 Å². The first-order chi connectivity index (χ1) is 11.0. The molecule has 0 unspecified atom stereocenters. The van der Waals surface area contributed by atoms with Crippen LogP contribution in [0.3, 0.4) is 0 Å². The maximum Gasteiger partial charge on any atom is 0.309 e. The summed E-state index contributed by atoms with van der Waals surface area (Å²) in [6, 6.07) is 3.87. The first kappa shape index (κ1) is 17.3. The van der Waals surface area contributed by atoms with Crippen LogP contribution < -0.4 is 4.74 Å². The van der Waals surface area contributed by atoms with Crippen LogP contribution in [0.1, 0.15) is 41.3 Å². The fourth-order valence-electron chi connectivity index (χ4n) is 3.10. The average molecular weight is 319 g/mol. The van der Waals surface area contributed by atoms with E-state index in [4.69, 9.17) is 9.47 Å². The lowest BCUT2D eigenvalue weighted by atomic mass is 9.95. The number of methoxy groups -OCH3 is 1. The second-order valence-corrected chi connectivity index (χ2v) is 5.98. The largest absolute Gasteiger partial charge is 0.496 e. The van der Waals surface area contributed by atoms with Gasteiger partial charge in [0.2, 0.25) is 0 Å². The van der Waals surface area contributed by atoms with Gasteiger partial charge in [0.1, 0.15) is 5.75 Å². The third kappa shape index (κ3) is 3.84. The second-order valence-electron chi connectivity index (χ2n) is 5.98. The Bertz CT molecular complexity index is 589. The molecule has 5 heteroatoms. The van der Waals surface area contributed by atoms with Crippen molar-refractivity contribution in [3.05, 3.63) is 28.8 Å². The molecule has 1 aromatic carbocycles. The van der Waals surface area contributed by atoms with Crippen LogP contribution >= 0.6 is 0 Å². The molecule has 0 aromatic heterocycles. The molecule has 1 fully saturated rings. The molecule has 0 radical (unpaired) electrons. The lowest BCUT2D eigenvalue weighted by Crippen LogP contribution is -2.41. The zero-order valence-corrected chi connectivity index (χ0v) is 14.3. The highest BCUT2D eigenvalue weighted by molar-refractivity contribution is 5.98. The highest BCUT2D eigenvalue weighted by Gasteiger charge is 2.30. The minimum absolute atomic E-state index is 0.0262. The van der Waals surface area contributed by atoms with Crippen molar-refractivity contribution in [2.24, 2.45) is 5.92 Å². The molecule has 0 atom stereocenters. The van der Waals surface area contributed by atoms with Gasteiger partial charge in [-0.05, 0) is 50.8 Å². The van der Waals surface area contributed by atoms with Crippen LogP contribution in [0, 0.1) is 19.8 Å². The van der Waals surface area contributed by atoms with Crippen molar-refractivity contribution in [1.29, 1.82) is 0 Å². The minimum atomic E-state index is -0.149. The molecule has 0 N–H and O–H groups in total. The molecule has 1 heterocycles. The first-order valence-corrected chi connectivity index (χ1v) is 8.09. The van der Waals surface area contributed by atoms with Gasteiger partial charge < -0.3 is 14.4 Å². The van der Waals surface area contributed by atoms with Gasteiger partial charge in [-0.1, -0.05) is 6.07 Å². The molecule has 0 bridgehead atoms. The van der Waals surface area contributed by atoms with Crippen LogP contribution in [0.25, 0.3) is 0 Å². The predicted molar refractivity (Wildman–Crippen MR) is 87.7 cm³/mol. The monoisotopic (exact) mass is 319 g/mol. The number of hydrogen-bond acceptors (Lipinski definition) is 4. The summed E-state index contributed by atoms with van der Waals surface area (Å²) >= 11 is 0. The predicted octanol–water partition coefficient (Wildman–Crippen LogP) is 2.73. The number of nitrogens with zero attached hydrogens (tertiary/aromatic N) is 1. The van der Waals surface area contributed by atoms with E-state index in [-0.39, 0.29) is 17.8 Å². The molecule has 5 nitrogen and oxygen atoms in total. The van der Waals surface area contributed by atoms with Crippen LogP contribution in [-0.4, -0.2) is 43.6 Å². The number of esters is 1. The lowest BCUT2D eigenvalue weighted by molar-refractivity contribution is -0.149. The van der Waals surface area contributed by atoms with Crippen LogP contribution in [0.2, 0.25) is 0 Å². The Kier molecular flexibility index (Phi) is 5.64. The van der Waals surface area contributed by atoms with E-state index in [0.29, 0.717) is 43.9 Å².